The number of nitrogens with one attached hydrogen (secondary N) is 2. The summed E-state index contributed by atoms with van der Waals surface area (Å²) in [6, 6.07) is 4.17. The summed E-state index contributed by atoms with van der Waals surface area (Å²) >= 11 is 0. The maximum atomic E-state index is 12.3. The molecule has 1 aromatic carbocycles. The molecule has 2 rings (SSSR count). The zero-order valence-electron chi connectivity index (χ0n) is 11.5. The zero-order valence-corrected chi connectivity index (χ0v) is 12.4. The summed E-state index contributed by atoms with van der Waals surface area (Å²) < 4.78 is 32.4. The third-order valence-electron chi connectivity index (χ3n) is 3.16. The van der Waals surface area contributed by atoms with Gasteiger partial charge in [-0.25, -0.2) is 13.1 Å². The van der Waals surface area contributed by atoms with E-state index in [-0.39, 0.29) is 17.5 Å². The van der Waals surface area contributed by atoms with Crippen molar-refractivity contribution < 1.29 is 18.1 Å². The topological polar surface area (TPSA) is 111 Å². The van der Waals surface area contributed by atoms with E-state index in [0.29, 0.717) is 18.7 Å². The molecule has 8 nitrogen and oxygen atoms in total. The highest BCUT2D eigenvalue weighted by atomic mass is 32.2. The highest BCUT2D eigenvalue weighted by molar-refractivity contribution is 7.89. The van der Waals surface area contributed by atoms with Crippen molar-refractivity contribution >= 4 is 15.7 Å². The number of rotatable bonds is 5. The maximum Gasteiger partial charge on any atom is 0.289 e. The van der Waals surface area contributed by atoms with Crippen LogP contribution >= 0.6 is 0 Å². The van der Waals surface area contributed by atoms with Crippen molar-refractivity contribution in [1.29, 1.82) is 0 Å². The maximum absolute atomic E-state index is 12.3. The van der Waals surface area contributed by atoms with Gasteiger partial charge in [-0.3, -0.25) is 10.1 Å². The number of nitrogens with zero attached hydrogens (tertiary/aromatic N) is 1. The first-order valence-electron chi connectivity index (χ1n) is 6.48. The van der Waals surface area contributed by atoms with E-state index >= 15 is 0 Å². The van der Waals surface area contributed by atoms with Crippen molar-refractivity contribution in [2.75, 3.05) is 26.2 Å². The van der Waals surface area contributed by atoms with Crippen molar-refractivity contribution in [2.24, 2.45) is 0 Å². The van der Waals surface area contributed by atoms with Gasteiger partial charge in [0.25, 0.3) is 5.69 Å². The molecule has 1 aliphatic heterocycles. The molecule has 1 unspecified atom stereocenters. The summed E-state index contributed by atoms with van der Waals surface area (Å²) in [5.41, 5.74) is -0.0930. The van der Waals surface area contributed by atoms with Crippen molar-refractivity contribution in [3.63, 3.8) is 0 Å². The smallest absolute Gasteiger partial charge is 0.289 e. The number of benzene rings is 1. The fourth-order valence-corrected chi connectivity index (χ4v) is 3.62. The third kappa shape index (κ3) is 3.76. The quantitative estimate of drug-likeness (QED) is 0.592. The molecular weight excluding hydrogens is 298 g/mol. The lowest BCUT2D eigenvalue weighted by molar-refractivity contribution is -0.387. The van der Waals surface area contributed by atoms with Crippen molar-refractivity contribution in [1.82, 2.24) is 10.0 Å². The zero-order chi connectivity index (χ0) is 15.5. The van der Waals surface area contributed by atoms with Crippen LogP contribution in [0.3, 0.4) is 0 Å². The monoisotopic (exact) mass is 315 g/mol. The Balaban J connectivity index is 2.21. The minimum Gasteiger partial charge on any atom is -0.374 e. The fourth-order valence-electron chi connectivity index (χ4n) is 2.16. The average molecular weight is 315 g/mol. The Morgan fingerprint density at radius 1 is 1.52 bits per heavy atom. The van der Waals surface area contributed by atoms with Crippen LogP contribution in [0.2, 0.25) is 0 Å². The highest BCUT2D eigenvalue weighted by Gasteiger charge is 2.28. The molecular formula is C12H17N3O5S. The third-order valence-corrected chi connectivity index (χ3v) is 4.78. The van der Waals surface area contributed by atoms with Gasteiger partial charge < -0.3 is 10.1 Å². The summed E-state index contributed by atoms with van der Waals surface area (Å²) in [5, 5.41) is 14.1. The van der Waals surface area contributed by atoms with Crippen molar-refractivity contribution in [2.45, 2.75) is 17.9 Å². The average Bonchev–Trinajstić information content (AvgIpc) is 2.46. The molecule has 1 atom stereocenters. The summed E-state index contributed by atoms with van der Waals surface area (Å²) in [6.07, 6.45) is -0.281. The van der Waals surface area contributed by atoms with E-state index in [1.807, 2.05) is 0 Å². The van der Waals surface area contributed by atoms with Crippen LogP contribution in [-0.4, -0.2) is 45.7 Å². The standard InChI is InChI=1S/C12H17N3O5S/c1-9-3-2-4-11(15(16)17)12(9)21(18,19)14-8-10-7-13-5-6-20-10/h2-4,10,13-14H,5-8H2,1H3. The first-order chi connectivity index (χ1) is 9.92. The summed E-state index contributed by atoms with van der Waals surface area (Å²) in [5.74, 6) is 0. The van der Waals surface area contributed by atoms with E-state index in [1.165, 1.54) is 25.1 Å². The van der Waals surface area contributed by atoms with Crippen LogP contribution in [-0.2, 0) is 14.8 Å². The van der Waals surface area contributed by atoms with E-state index < -0.39 is 20.6 Å². The van der Waals surface area contributed by atoms with Gasteiger partial charge in [-0.1, -0.05) is 12.1 Å². The van der Waals surface area contributed by atoms with Crippen LogP contribution in [0.4, 0.5) is 5.69 Å². The summed E-state index contributed by atoms with van der Waals surface area (Å²) in [6.45, 7) is 3.38. The van der Waals surface area contributed by atoms with E-state index in [4.69, 9.17) is 4.74 Å². The van der Waals surface area contributed by atoms with E-state index in [0.717, 1.165) is 6.54 Å². The van der Waals surface area contributed by atoms with Crippen LogP contribution in [0.15, 0.2) is 23.1 Å². The molecule has 0 radical (unpaired) electrons. The predicted molar refractivity (Wildman–Crippen MR) is 75.6 cm³/mol. The summed E-state index contributed by atoms with van der Waals surface area (Å²) in [4.78, 5) is 10.0. The molecule has 1 fully saturated rings. The van der Waals surface area contributed by atoms with Gasteiger partial charge >= 0.3 is 0 Å². The Labute approximate surface area is 122 Å². The second-order valence-electron chi connectivity index (χ2n) is 4.73. The second kappa shape index (κ2) is 6.48. The molecule has 0 amide bonds. The molecule has 2 N–H and O–H groups in total. The molecule has 1 aliphatic rings. The van der Waals surface area contributed by atoms with Crippen LogP contribution in [0, 0.1) is 17.0 Å². The van der Waals surface area contributed by atoms with Crippen molar-refractivity contribution in [3.8, 4) is 0 Å². The second-order valence-corrected chi connectivity index (χ2v) is 6.43. The predicted octanol–water partition coefficient (Wildman–Crippen LogP) is 0.170. The fraction of sp³-hybridized carbons (Fsp3) is 0.500. The Bertz CT molecular complexity index is 626. The Hall–Kier alpha value is -1.55. The van der Waals surface area contributed by atoms with Crippen LogP contribution in [0.25, 0.3) is 0 Å². The van der Waals surface area contributed by atoms with Gasteiger partial charge in [-0.2, -0.15) is 0 Å². The number of ether oxygens (including phenoxy) is 1. The first-order valence-corrected chi connectivity index (χ1v) is 7.96. The Kier molecular flexibility index (Phi) is 4.88. The number of sulfonamides is 1. The van der Waals surface area contributed by atoms with E-state index in [2.05, 4.69) is 10.0 Å². The first kappa shape index (κ1) is 15.8. The molecule has 0 spiro atoms. The van der Waals surface area contributed by atoms with E-state index in [1.54, 1.807) is 0 Å². The Morgan fingerprint density at radius 3 is 2.90 bits per heavy atom. The number of nitro groups is 1. The number of hydrogen-bond acceptors (Lipinski definition) is 6. The van der Waals surface area contributed by atoms with Crippen LogP contribution in [0.1, 0.15) is 5.56 Å². The van der Waals surface area contributed by atoms with Crippen LogP contribution in [0.5, 0.6) is 0 Å². The van der Waals surface area contributed by atoms with Gasteiger partial charge in [-0.05, 0) is 12.5 Å². The normalized spacial score (nSPS) is 19.4. The Morgan fingerprint density at radius 2 is 2.29 bits per heavy atom. The lowest BCUT2D eigenvalue weighted by Crippen LogP contribution is -2.45. The van der Waals surface area contributed by atoms with Gasteiger partial charge in [0.15, 0.2) is 4.90 Å². The molecule has 0 bridgehead atoms. The number of morpholine rings is 1. The molecule has 1 aromatic rings. The molecule has 9 heteroatoms. The number of hydrogen-bond donors (Lipinski definition) is 2. The molecule has 1 saturated heterocycles. The summed E-state index contributed by atoms with van der Waals surface area (Å²) in [7, 11) is -3.97. The molecule has 21 heavy (non-hydrogen) atoms. The largest absolute Gasteiger partial charge is 0.374 e. The van der Waals surface area contributed by atoms with Gasteiger partial charge in [-0.15, -0.1) is 0 Å². The van der Waals surface area contributed by atoms with Gasteiger partial charge in [0.2, 0.25) is 10.0 Å². The molecule has 0 aromatic heterocycles. The number of aryl methyl sites for hydroxylation is 1. The lowest BCUT2D eigenvalue weighted by Gasteiger charge is -2.23. The van der Waals surface area contributed by atoms with E-state index in [9.17, 15) is 18.5 Å². The van der Waals surface area contributed by atoms with Crippen LogP contribution < -0.4 is 10.0 Å². The SMILES string of the molecule is Cc1cccc([N+](=O)[O-])c1S(=O)(=O)NCC1CNCCO1. The highest BCUT2D eigenvalue weighted by Crippen LogP contribution is 2.26. The molecule has 0 saturated carbocycles. The van der Waals surface area contributed by atoms with Gasteiger partial charge in [0, 0.05) is 25.7 Å². The lowest BCUT2D eigenvalue weighted by atomic mass is 10.2. The molecule has 1 heterocycles. The number of nitro benzene ring substituents is 1. The van der Waals surface area contributed by atoms with Crippen molar-refractivity contribution in [3.05, 3.63) is 33.9 Å². The minimum absolute atomic E-state index is 0.0703. The molecule has 116 valence electrons. The van der Waals surface area contributed by atoms with Gasteiger partial charge in [0.1, 0.15) is 0 Å². The minimum atomic E-state index is -3.97. The molecule has 0 aliphatic carbocycles. The van der Waals surface area contributed by atoms with Gasteiger partial charge in [0.05, 0.1) is 17.6 Å².